The highest BCUT2D eigenvalue weighted by Crippen LogP contribution is 2.38. The zero-order valence-corrected chi connectivity index (χ0v) is 9.56. The van der Waals surface area contributed by atoms with Crippen molar-refractivity contribution in [2.75, 3.05) is 19.8 Å². The molecule has 5 nitrogen and oxygen atoms in total. The Morgan fingerprint density at radius 2 is 1.88 bits per heavy atom. The molecular formula is C12H17NO4. The lowest BCUT2D eigenvalue weighted by atomic mass is 10.0. The summed E-state index contributed by atoms with van der Waals surface area (Å²) < 4.78 is 10.9. The van der Waals surface area contributed by atoms with Gasteiger partial charge in [-0.3, -0.25) is 0 Å². The number of hydrogen-bond donors (Lipinski definition) is 3. The molecule has 1 aromatic rings. The van der Waals surface area contributed by atoms with Crippen molar-refractivity contribution in [1.82, 2.24) is 0 Å². The minimum absolute atomic E-state index is 0.00944. The number of rotatable bonds is 3. The quantitative estimate of drug-likeness (QED) is 0.730. The van der Waals surface area contributed by atoms with Gasteiger partial charge in [0.2, 0.25) is 0 Å². The molecule has 1 atom stereocenters. The lowest BCUT2D eigenvalue weighted by Gasteiger charge is -2.15. The molecule has 94 valence electrons. The van der Waals surface area contributed by atoms with Crippen LogP contribution in [0.15, 0.2) is 12.1 Å². The number of phenols is 1. The first kappa shape index (κ1) is 12.0. The fraction of sp³-hybridized carbons (Fsp3) is 0.500. The Hall–Kier alpha value is -1.46. The van der Waals surface area contributed by atoms with E-state index in [-0.39, 0.29) is 5.75 Å². The summed E-state index contributed by atoms with van der Waals surface area (Å²) in [6.45, 7) is 1.50. The molecule has 1 aliphatic rings. The summed E-state index contributed by atoms with van der Waals surface area (Å²) >= 11 is 0. The third-order valence-corrected chi connectivity index (χ3v) is 2.70. The molecule has 1 aromatic carbocycles. The van der Waals surface area contributed by atoms with E-state index < -0.39 is 6.10 Å². The van der Waals surface area contributed by atoms with E-state index >= 15 is 0 Å². The fourth-order valence-electron chi connectivity index (χ4n) is 1.79. The number of phenolic OH excluding ortho intramolecular Hbond substituents is 1. The Morgan fingerprint density at radius 3 is 2.53 bits per heavy atom. The molecule has 1 aliphatic heterocycles. The fourth-order valence-corrected chi connectivity index (χ4v) is 1.79. The van der Waals surface area contributed by atoms with Crippen molar-refractivity contribution in [2.45, 2.75) is 18.9 Å². The molecule has 0 spiro atoms. The number of ether oxygens (including phenoxy) is 2. The smallest absolute Gasteiger partial charge is 0.164 e. The van der Waals surface area contributed by atoms with Crippen LogP contribution in [0.4, 0.5) is 0 Å². The summed E-state index contributed by atoms with van der Waals surface area (Å²) in [7, 11) is 0. The lowest BCUT2D eigenvalue weighted by Crippen LogP contribution is -2.07. The second-order valence-electron chi connectivity index (χ2n) is 4.00. The molecule has 0 aliphatic carbocycles. The van der Waals surface area contributed by atoms with E-state index in [0.717, 1.165) is 6.42 Å². The van der Waals surface area contributed by atoms with Crippen molar-refractivity contribution < 1.29 is 19.7 Å². The van der Waals surface area contributed by atoms with Crippen molar-refractivity contribution in [1.29, 1.82) is 0 Å². The topological polar surface area (TPSA) is 84.9 Å². The summed E-state index contributed by atoms with van der Waals surface area (Å²) in [4.78, 5) is 0. The van der Waals surface area contributed by atoms with Gasteiger partial charge in [0.05, 0.1) is 19.3 Å². The third-order valence-electron chi connectivity index (χ3n) is 2.70. The molecule has 1 heterocycles. The van der Waals surface area contributed by atoms with Crippen LogP contribution in [0.2, 0.25) is 0 Å². The molecule has 0 amide bonds. The van der Waals surface area contributed by atoms with E-state index in [4.69, 9.17) is 15.2 Å². The molecule has 0 saturated heterocycles. The molecule has 5 heteroatoms. The Bertz CT molecular complexity index is 394. The Balaban J connectivity index is 2.31. The highest BCUT2D eigenvalue weighted by Gasteiger charge is 2.18. The van der Waals surface area contributed by atoms with E-state index in [9.17, 15) is 10.2 Å². The van der Waals surface area contributed by atoms with E-state index in [0.29, 0.717) is 43.2 Å². The highest BCUT2D eigenvalue weighted by atomic mass is 16.5. The van der Waals surface area contributed by atoms with Gasteiger partial charge in [-0.05, 0) is 19.0 Å². The van der Waals surface area contributed by atoms with Crippen molar-refractivity contribution in [3.05, 3.63) is 17.7 Å². The molecule has 0 saturated carbocycles. The monoisotopic (exact) mass is 239 g/mol. The number of aromatic hydroxyl groups is 1. The van der Waals surface area contributed by atoms with Gasteiger partial charge in [0.1, 0.15) is 5.75 Å². The van der Waals surface area contributed by atoms with Gasteiger partial charge in [-0.25, -0.2) is 0 Å². The molecule has 0 fully saturated rings. The number of hydrogen-bond acceptors (Lipinski definition) is 5. The number of benzene rings is 1. The Labute approximate surface area is 99.8 Å². The van der Waals surface area contributed by atoms with Crippen LogP contribution >= 0.6 is 0 Å². The second-order valence-corrected chi connectivity index (χ2v) is 4.00. The van der Waals surface area contributed by atoms with Crippen LogP contribution in [-0.2, 0) is 0 Å². The van der Waals surface area contributed by atoms with Gasteiger partial charge in [0, 0.05) is 18.1 Å². The van der Waals surface area contributed by atoms with Crippen LogP contribution in [0.1, 0.15) is 24.5 Å². The first-order chi connectivity index (χ1) is 8.22. The number of nitrogens with two attached hydrogens (primary N) is 1. The predicted molar refractivity (Wildman–Crippen MR) is 62.3 cm³/mol. The molecule has 0 radical (unpaired) electrons. The third kappa shape index (κ3) is 2.62. The summed E-state index contributed by atoms with van der Waals surface area (Å²) in [5.41, 5.74) is 5.81. The molecule has 1 unspecified atom stereocenters. The largest absolute Gasteiger partial charge is 0.507 e. The van der Waals surface area contributed by atoms with Gasteiger partial charge in [-0.1, -0.05) is 0 Å². The maximum absolute atomic E-state index is 9.84. The average Bonchev–Trinajstić information content (AvgIpc) is 2.52. The SMILES string of the molecule is NCCC(O)c1cc2c(cc1O)OCCCO2. The van der Waals surface area contributed by atoms with Crippen LogP contribution < -0.4 is 15.2 Å². The molecule has 2 rings (SSSR count). The number of aliphatic hydroxyl groups is 1. The average molecular weight is 239 g/mol. The summed E-state index contributed by atoms with van der Waals surface area (Å²) in [5, 5.41) is 19.7. The molecule has 0 aromatic heterocycles. The van der Waals surface area contributed by atoms with Crippen LogP contribution in [0.3, 0.4) is 0 Å². The van der Waals surface area contributed by atoms with E-state index in [1.54, 1.807) is 6.07 Å². The van der Waals surface area contributed by atoms with Crippen LogP contribution in [0.5, 0.6) is 17.2 Å². The van der Waals surface area contributed by atoms with Gasteiger partial charge in [0.15, 0.2) is 11.5 Å². The first-order valence-corrected chi connectivity index (χ1v) is 5.73. The Kier molecular flexibility index (Phi) is 3.71. The van der Waals surface area contributed by atoms with Gasteiger partial charge < -0.3 is 25.4 Å². The van der Waals surface area contributed by atoms with Crippen molar-refractivity contribution in [2.24, 2.45) is 5.73 Å². The van der Waals surface area contributed by atoms with Crippen molar-refractivity contribution in [3.8, 4) is 17.2 Å². The highest BCUT2D eigenvalue weighted by molar-refractivity contribution is 5.51. The van der Waals surface area contributed by atoms with E-state index in [1.165, 1.54) is 6.07 Å². The Morgan fingerprint density at radius 1 is 1.24 bits per heavy atom. The predicted octanol–water partition coefficient (Wildman–Crippen LogP) is 0.936. The van der Waals surface area contributed by atoms with Gasteiger partial charge in [-0.15, -0.1) is 0 Å². The van der Waals surface area contributed by atoms with Gasteiger partial charge in [0.25, 0.3) is 0 Å². The van der Waals surface area contributed by atoms with Crippen molar-refractivity contribution in [3.63, 3.8) is 0 Å². The molecule has 0 bridgehead atoms. The molecule has 17 heavy (non-hydrogen) atoms. The minimum atomic E-state index is -0.780. The first-order valence-electron chi connectivity index (χ1n) is 5.73. The molecule has 4 N–H and O–H groups in total. The summed E-state index contributed by atoms with van der Waals surface area (Å²) in [6, 6.07) is 3.10. The summed E-state index contributed by atoms with van der Waals surface area (Å²) in [6.07, 6.45) is 0.417. The maximum Gasteiger partial charge on any atom is 0.164 e. The minimum Gasteiger partial charge on any atom is -0.507 e. The number of fused-ring (bicyclic) bond motifs is 1. The number of aliphatic hydroxyl groups excluding tert-OH is 1. The van der Waals surface area contributed by atoms with E-state index in [2.05, 4.69) is 0 Å². The van der Waals surface area contributed by atoms with Crippen molar-refractivity contribution >= 4 is 0 Å². The molecular weight excluding hydrogens is 222 g/mol. The van der Waals surface area contributed by atoms with E-state index in [1.807, 2.05) is 0 Å². The van der Waals surface area contributed by atoms with Crippen LogP contribution in [0.25, 0.3) is 0 Å². The maximum atomic E-state index is 9.84. The van der Waals surface area contributed by atoms with Gasteiger partial charge in [-0.2, -0.15) is 0 Å². The zero-order valence-electron chi connectivity index (χ0n) is 9.56. The summed E-state index contributed by atoms with van der Waals surface area (Å²) in [5.74, 6) is 1.09. The van der Waals surface area contributed by atoms with Crippen LogP contribution in [-0.4, -0.2) is 30.0 Å². The standard InChI is InChI=1S/C12H17NO4/c13-3-2-9(14)8-6-11-12(7-10(8)15)17-5-1-4-16-11/h6-7,9,14-15H,1-5,13H2. The lowest BCUT2D eigenvalue weighted by molar-refractivity contribution is 0.166. The second kappa shape index (κ2) is 5.25. The van der Waals surface area contributed by atoms with Gasteiger partial charge >= 0.3 is 0 Å². The van der Waals surface area contributed by atoms with Crippen LogP contribution in [0, 0.1) is 0 Å². The zero-order chi connectivity index (χ0) is 12.3. The normalized spacial score (nSPS) is 16.4.